The zero-order valence-electron chi connectivity index (χ0n) is 10.5. The fourth-order valence-electron chi connectivity index (χ4n) is 1.41. The fourth-order valence-corrected chi connectivity index (χ4v) is 2.34. The van der Waals surface area contributed by atoms with Crippen LogP contribution in [0.15, 0.2) is 18.2 Å². The van der Waals surface area contributed by atoms with E-state index in [-0.39, 0.29) is 15.9 Å². The number of anilines is 2. The zero-order valence-corrected chi connectivity index (χ0v) is 12.0. The monoisotopic (exact) mass is 307 g/mol. The van der Waals surface area contributed by atoms with Gasteiger partial charge in [-0.3, -0.25) is 4.79 Å². The van der Waals surface area contributed by atoms with Crippen LogP contribution >= 0.6 is 22.9 Å². The van der Waals surface area contributed by atoms with Gasteiger partial charge in [0, 0.05) is 12.2 Å². The molecule has 0 atom stereocenters. The number of nitrogens with one attached hydrogen (secondary N) is 2. The van der Waals surface area contributed by atoms with Crippen LogP contribution in [0.3, 0.4) is 0 Å². The van der Waals surface area contributed by atoms with Crippen molar-refractivity contribution in [3.63, 3.8) is 0 Å². The standard InChI is InChI=1S/C12H10ClN5OS/c1-2-15-12-18-17-11(20-12)10(19)16-8-4-3-7(6-14)9(13)5-8/h3-5H,2H2,1H3,(H,15,18)(H,16,19). The van der Waals surface area contributed by atoms with Gasteiger partial charge in [-0.1, -0.05) is 22.9 Å². The van der Waals surface area contributed by atoms with Gasteiger partial charge >= 0.3 is 0 Å². The number of nitrogens with zero attached hydrogens (tertiary/aromatic N) is 3. The molecule has 1 amide bonds. The van der Waals surface area contributed by atoms with Crippen molar-refractivity contribution in [1.82, 2.24) is 10.2 Å². The molecule has 20 heavy (non-hydrogen) atoms. The second kappa shape index (κ2) is 6.32. The van der Waals surface area contributed by atoms with E-state index in [0.717, 1.165) is 0 Å². The maximum atomic E-state index is 12.0. The summed E-state index contributed by atoms with van der Waals surface area (Å²) >= 11 is 7.06. The first-order valence-corrected chi connectivity index (χ1v) is 6.92. The number of rotatable bonds is 4. The molecule has 1 aromatic heterocycles. The third-order valence-corrected chi connectivity index (χ3v) is 3.49. The first kappa shape index (κ1) is 14.2. The quantitative estimate of drug-likeness (QED) is 0.906. The van der Waals surface area contributed by atoms with Crippen molar-refractivity contribution in [3.8, 4) is 6.07 Å². The Bertz CT molecular complexity index is 679. The Kier molecular flexibility index (Phi) is 4.50. The van der Waals surface area contributed by atoms with Gasteiger partial charge in [0.2, 0.25) is 10.1 Å². The summed E-state index contributed by atoms with van der Waals surface area (Å²) in [7, 11) is 0. The fraction of sp³-hybridized carbons (Fsp3) is 0.167. The first-order chi connectivity index (χ1) is 9.63. The smallest absolute Gasteiger partial charge is 0.286 e. The summed E-state index contributed by atoms with van der Waals surface area (Å²) in [4.78, 5) is 12.0. The number of halogens is 1. The van der Waals surface area contributed by atoms with Crippen molar-refractivity contribution in [2.45, 2.75) is 6.92 Å². The third-order valence-electron chi connectivity index (χ3n) is 2.29. The summed E-state index contributed by atoms with van der Waals surface area (Å²) in [5, 5.41) is 23.2. The van der Waals surface area contributed by atoms with Gasteiger partial charge in [0.1, 0.15) is 6.07 Å². The molecule has 0 saturated heterocycles. The van der Waals surface area contributed by atoms with Crippen molar-refractivity contribution < 1.29 is 4.79 Å². The van der Waals surface area contributed by atoms with Gasteiger partial charge in [0.15, 0.2) is 0 Å². The van der Waals surface area contributed by atoms with Crippen LogP contribution in [0.25, 0.3) is 0 Å². The molecular formula is C12H10ClN5OS. The summed E-state index contributed by atoms with van der Waals surface area (Å²) < 4.78 is 0. The number of amides is 1. The largest absolute Gasteiger partial charge is 0.360 e. The van der Waals surface area contributed by atoms with E-state index in [9.17, 15) is 4.79 Å². The Morgan fingerprint density at radius 1 is 1.50 bits per heavy atom. The summed E-state index contributed by atoms with van der Waals surface area (Å²) in [5.74, 6) is -0.368. The normalized spacial score (nSPS) is 9.85. The molecule has 1 aromatic carbocycles. The van der Waals surface area contributed by atoms with Gasteiger partial charge in [-0.2, -0.15) is 5.26 Å². The van der Waals surface area contributed by atoms with E-state index in [1.165, 1.54) is 17.4 Å². The highest BCUT2D eigenvalue weighted by Gasteiger charge is 2.13. The van der Waals surface area contributed by atoms with Crippen molar-refractivity contribution >= 4 is 39.7 Å². The molecule has 0 aliphatic heterocycles. The van der Waals surface area contributed by atoms with Crippen LogP contribution in [0.4, 0.5) is 10.8 Å². The van der Waals surface area contributed by atoms with Gasteiger partial charge in [-0.25, -0.2) is 0 Å². The molecule has 0 aliphatic carbocycles. The lowest BCUT2D eigenvalue weighted by Crippen LogP contribution is -2.11. The van der Waals surface area contributed by atoms with Gasteiger partial charge < -0.3 is 10.6 Å². The Hall–Kier alpha value is -2.17. The number of carbonyl (C=O) groups is 1. The van der Waals surface area contributed by atoms with Crippen molar-refractivity contribution in [3.05, 3.63) is 33.8 Å². The molecule has 0 bridgehead atoms. The lowest BCUT2D eigenvalue weighted by atomic mass is 10.2. The van der Waals surface area contributed by atoms with Crippen LogP contribution in [0, 0.1) is 11.3 Å². The minimum atomic E-state index is -0.368. The summed E-state index contributed by atoms with van der Waals surface area (Å²) in [5.41, 5.74) is 0.856. The first-order valence-electron chi connectivity index (χ1n) is 5.72. The van der Waals surface area contributed by atoms with Crippen LogP contribution < -0.4 is 10.6 Å². The highest BCUT2D eigenvalue weighted by Crippen LogP contribution is 2.21. The predicted molar refractivity (Wildman–Crippen MR) is 78.2 cm³/mol. The molecule has 102 valence electrons. The number of benzene rings is 1. The average molecular weight is 308 g/mol. The minimum Gasteiger partial charge on any atom is -0.360 e. The molecule has 2 N–H and O–H groups in total. The highest BCUT2D eigenvalue weighted by molar-refractivity contribution is 7.17. The molecular weight excluding hydrogens is 298 g/mol. The number of carbonyl (C=O) groups excluding carboxylic acids is 1. The molecule has 0 radical (unpaired) electrons. The highest BCUT2D eigenvalue weighted by atomic mass is 35.5. The third kappa shape index (κ3) is 3.23. The van der Waals surface area contributed by atoms with E-state index in [1.54, 1.807) is 12.1 Å². The molecule has 0 spiro atoms. The maximum absolute atomic E-state index is 12.0. The molecule has 1 heterocycles. The zero-order chi connectivity index (χ0) is 14.5. The van der Waals surface area contributed by atoms with Gasteiger partial charge in [-0.15, -0.1) is 10.2 Å². The van der Waals surface area contributed by atoms with E-state index in [0.29, 0.717) is 22.9 Å². The lowest BCUT2D eigenvalue weighted by molar-refractivity contribution is 0.102. The Labute approximate surface area is 124 Å². The molecule has 6 nitrogen and oxygen atoms in total. The van der Waals surface area contributed by atoms with E-state index in [2.05, 4.69) is 20.8 Å². The Morgan fingerprint density at radius 2 is 2.30 bits per heavy atom. The number of hydrogen-bond donors (Lipinski definition) is 2. The molecule has 2 rings (SSSR count). The van der Waals surface area contributed by atoms with Crippen LogP contribution in [0.2, 0.25) is 5.02 Å². The van der Waals surface area contributed by atoms with E-state index in [4.69, 9.17) is 16.9 Å². The number of aromatic nitrogens is 2. The van der Waals surface area contributed by atoms with Gasteiger partial charge in [-0.05, 0) is 25.1 Å². The van der Waals surface area contributed by atoms with E-state index < -0.39 is 0 Å². The van der Waals surface area contributed by atoms with Crippen LogP contribution in [0.5, 0.6) is 0 Å². The topological polar surface area (TPSA) is 90.7 Å². The SMILES string of the molecule is CCNc1nnc(C(=O)Nc2ccc(C#N)c(Cl)c2)s1. The number of hydrogen-bond acceptors (Lipinski definition) is 6. The molecule has 0 fully saturated rings. The summed E-state index contributed by atoms with van der Waals surface area (Å²) in [6.45, 7) is 2.64. The van der Waals surface area contributed by atoms with Crippen LogP contribution in [0.1, 0.15) is 22.3 Å². The second-order valence-electron chi connectivity index (χ2n) is 3.70. The van der Waals surface area contributed by atoms with Crippen molar-refractivity contribution in [2.75, 3.05) is 17.2 Å². The van der Waals surface area contributed by atoms with Gasteiger partial charge in [0.25, 0.3) is 5.91 Å². The summed E-state index contributed by atoms with van der Waals surface area (Å²) in [6, 6.07) is 6.62. The molecule has 8 heteroatoms. The maximum Gasteiger partial charge on any atom is 0.286 e. The van der Waals surface area contributed by atoms with Gasteiger partial charge in [0.05, 0.1) is 10.6 Å². The number of nitriles is 1. The van der Waals surface area contributed by atoms with E-state index >= 15 is 0 Å². The summed E-state index contributed by atoms with van der Waals surface area (Å²) in [6.07, 6.45) is 0. The van der Waals surface area contributed by atoms with E-state index in [1.807, 2.05) is 13.0 Å². The van der Waals surface area contributed by atoms with Crippen LogP contribution in [-0.2, 0) is 0 Å². The second-order valence-corrected chi connectivity index (χ2v) is 5.09. The Morgan fingerprint density at radius 3 is 2.95 bits per heavy atom. The molecule has 0 aliphatic rings. The van der Waals surface area contributed by atoms with Crippen molar-refractivity contribution in [1.29, 1.82) is 5.26 Å². The minimum absolute atomic E-state index is 0.251. The van der Waals surface area contributed by atoms with Crippen molar-refractivity contribution in [2.24, 2.45) is 0 Å². The average Bonchev–Trinajstić information content (AvgIpc) is 2.88. The Balaban J connectivity index is 2.11. The lowest BCUT2D eigenvalue weighted by Gasteiger charge is -2.03. The molecule has 0 saturated carbocycles. The molecule has 2 aromatic rings. The molecule has 0 unspecified atom stereocenters. The van der Waals surface area contributed by atoms with Crippen LogP contribution in [-0.4, -0.2) is 22.6 Å². The predicted octanol–water partition coefficient (Wildman–Crippen LogP) is 2.75.